The van der Waals surface area contributed by atoms with Crippen LogP contribution in [0.1, 0.15) is 5.56 Å². The summed E-state index contributed by atoms with van der Waals surface area (Å²) in [5, 5.41) is 0.784. The van der Waals surface area contributed by atoms with Gasteiger partial charge in [-0.15, -0.1) is 0 Å². The molecule has 5 heteroatoms. The molecule has 0 radical (unpaired) electrons. The molecule has 2 aromatic rings. The Morgan fingerprint density at radius 3 is 2.15 bits per heavy atom. The van der Waals surface area contributed by atoms with E-state index < -0.39 is 0 Å². The van der Waals surface area contributed by atoms with Crippen molar-refractivity contribution < 1.29 is 14.2 Å². The third kappa shape index (κ3) is 3.27. The Bertz CT molecular complexity index is 577. The average molecular weight is 402 g/mol. The molecule has 0 heterocycles. The Morgan fingerprint density at radius 1 is 1.00 bits per heavy atom. The molecule has 0 spiro atoms. The fourth-order valence-electron chi connectivity index (χ4n) is 1.74. The maximum absolute atomic E-state index is 5.91. The van der Waals surface area contributed by atoms with Gasteiger partial charge in [0, 0.05) is 9.80 Å². The lowest BCUT2D eigenvalue weighted by molar-refractivity contribution is 0.346. The van der Waals surface area contributed by atoms with Crippen LogP contribution < -0.4 is 14.2 Å². The maximum atomic E-state index is 5.91. The molecule has 0 saturated heterocycles. The van der Waals surface area contributed by atoms with E-state index in [1.54, 1.807) is 14.2 Å². The van der Waals surface area contributed by atoms with Crippen LogP contribution in [-0.4, -0.2) is 14.2 Å². The van der Waals surface area contributed by atoms with Gasteiger partial charge in [-0.3, -0.25) is 0 Å². The molecule has 0 aliphatic carbocycles. The van der Waals surface area contributed by atoms with Crippen LogP contribution in [0.2, 0.25) is 0 Å². The highest BCUT2D eigenvalue weighted by Gasteiger charge is 2.13. The molecule has 2 aromatic carbocycles. The standard InChI is InChI=1S/C15H14Br2O3/c1-18-13-4-3-5-14(19-2)15(13)20-11-7-6-10(9-16)12(17)8-11/h3-8H,9H2,1-2H3. The summed E-state index contributed by atoms with van der Waals surface area (Å²) in [6.07, 6.45) is 0. The van der Waals surface area contributed by atoms with Crippen LogP contribution in [0.15, 0.2) is 40.9 Å². The minimum absolute atomic E-state index is 0.566. The monoisotopic (exact) mass is 400 g/mol. The minimum atomic E-state index is 0.566. The second kappa shape index (κ2) is 6.99. The van der Waals surface area contributed by atoms with Crippen molar-refractivity contribution in [1.82, 2.24) is 0 Å². The Hall–Kier alpha value is -1.20. The van der Waals surface area contributed by atoms with Gasteiger partial charge in [-0.05, 0) is 29.8 Å². The molecule has 0 amide bonds. The van der Waals surface area contributed by atoms with Gasteiger partial charge in [0.2, 0.25) is 5.75 Å². The predicted molar refractivity (Wildman–Crippen MR) is 86.4 cm³/mol. The van der Waals surface area contributed by atoms with Crippen molar-refractivity contribution >= 4 is 31.9 Å². The van der Waals surface area contributed by atoms with Crippen molar-refractivity contribution in [3.63, 3.8) is 0 Å². The second-order valence-corrected chi connectivity index (χ2v) is 5.40. The fraction of sp³-hybridized carbons (Fsp3) is 0.200. The van der Waals surface area contributed by atoms with Gasteiger partial charge in [0.1, 0.15) is 5.75 Å². The lowest BCUT2D eigenvalue weighted by Gasteiger charge is -2.14. The van der Waals surface area contributed by atoms with Crippen LogP contribution in [0.5, 0.6) is 23.0 Å². The van der Waals surface area contributed by atoms with Gasteiger partial charge in [0.05, 0.1) is 14.2 Å². The average Bonchev–Trinajstić information content (AvgIpc) is 2.47. The van der Waals surface area contributed by atoms with Crippen molar-refractivity contribution in [1.29, 1.82) is 0 Å². The first-order valence-electron chi connectivity index (χ1n) is 5.92. The Kier molecular flexibility index (Phi) is 5.31. The first kappa shape index (κ1) is 15.2. The van der Waals surface area contributed by atoms with Crippen molar-refractivity contribution in [3.8, 4) is 23.0 Å². The van der Waals surface area contributed by atoms with E-state index in [9.17, 15) is 0 Å². The number of rotatable bonds is 5. The van der Waals surface area contributed by atoms with Crippen molar-refractivity contribution in [2.75, 3.05) is 14.2 Å². The number of hydrogen-bond donors (Lipinski definition) is 0. The Labute approximate surface area is 135 Å². The molecule has 0 aliphatic rings. The first-order valence-corrected chi connectivity index (χ1v) is 7.84. The zero-order valence-electron chi connectivity index (χ0n) is 11.2. The zero-order chi connectivity index (χ0) is 14.5. The number of methoxy groups -OCH3 is 2. The highest BCUT2D eigenvalue weighted by molar-refractivity contribution is 9.10. The molecule has 0 aromatic heterocycles. The van der Waals surface area contributed by atoms with Crippen LogP contribution in [0, 0.1) is 0 Å². The molecule has 0 saturated carbocycles. The molecule has 0 unspecified atom stereocenters. The lowest BCUT2D eigenvalue weighted by Crippen LogP contribution is -1.94. The summed E-state index contributed by atoms with van der Waals surface area (Å²) in [7, 11) is 3.21. The van der Waals surface area contributed by atoms with Crippen LogP contribution in [0.25, 0.3) is 0 Å². The largest absolute Gasteiger partial charge is 0.493 e. The van der Waals surface area contributed by atoms with Crippen LogP contribution >= 0.6 is 31.9 Å². The van der Waals surface area contributed by atoms with Crippen LogP contribution in [0.4, 0.5) is 0 Å². The topological polar surface area (TPSA) is 27.7 Å². The number of hydrogen-bond acceptors (Lipinski definition) is 3. The van der Waals surface area contributed by atoms with Gasteiger partial charge in [-0.2, -0.15) is 0 Å². The summed E-state index contributed by atoms with van der Waals surface area (Å²) in [4.78, 5) is 0. The molecule has 0 N–H and O–H groups in total. The molecule has 3 nitrogen and oxygen atoms in total. The number of alkyl halides is 1. The lowest BCUT2D eigenvalue weighted by atomic mass is 10.2. The third-order valence-electron chi connectivity index (χ3n) is 2.77. The van der Waals surface area contributed by atoms with Crippen LogP contribution in [0.3, 0.4) is 0 Å². The molecule has 0 bridgehead atoms. The smallest absolute Gasteiger partial charge is 0.210 e. The van der Waals surface area contributed by atoms with Crippen molar-refractivity contribution in [2.24, 2.45) is 0 Å². The van der Waals surface area contributed by atoms with Gasteiger partial charge in [0.15, 0.2) is 11.5 Å². The van der Waals surface area contributed by atoms with Gasteiger partial charge >= 0.3 is 0 Å². The van der Waals surface area contributed by atoms with E-state index in [-0.39, 0.29) is 0 Å². The molecule has 20 heavy (non-hydrogen) atoms. The normalized spacial score (nSPS) is 10.2. The Morgan fingerprint density at radius 2 is 1.65 bits per heavy atom. The van der Waals surface area contributed by atoms with E-state index in [4.69, 9.17) is 14.2 Å². The molecule has 2 rings (SSSR count). The molecule has 0 aliphatic heterocycles. The van der Waals surface area contributed by atoms with E-state index >= 15 is 0 Å². The van der Waals surface area contributed by atoms with E-state index in [1.807, 2.05) is 36.4 Å². The van der Waals surface area contributed by atoms with E-state index in [1.165, 1.54) is 0 Å². The molecular weight excluding hydrogens is 388 g/mol. The molecule has 0 atom stereocenters. The highest BCUT2D eigenvalue weighted by atomic mass is 79.9. The van der Waals surface area contributed by atoms with Crippen LogP contribution in [-0.2, 0) is 5.33 Å². The SMILES string of the molecule is COc1cccc(OC)c1Oc1ccc(CBr)c(Br)c1. The summed E-state index contributed by atoms with van der Waals surface area (Å²) in [6.45, 7) is 0. The number of para-hydroxylation sites is 1. The summed E-state index contributed by atoms with van der Waals surface area (Å²) >= 11 is 6.95. The predicted octanol–water partition coefficient (Wildman–Crippen LogP) is 5.15. The highest BCUT2D eigenvalue weighted by Crippen LogP contribution is 2.40. The van der Waals surface area contributed by atoms with E-state index in [2.05, 4.69) is 31.9 Å². The van der Waals surface area contributed by atoms with Gasteiger partial charge < -0.3 is 14.2 Å². The Balaban J connectivity index is 2.36. The summed E-state index contributed by atoms with van der Waals surface area (Å²) in [6, 6.07) is 11.3. The summed E-state index contributed by atoms with van der Waals surface area (Å²) in [5.74, 6) is 2.54. The quantitative estimate of drug-likeness (QED) is 0.648. The second-order valence-electron chi connectivity index (χ2n) is 3.98. The van der Waals surface area contributed by atoms with Gasteiger partial charge in [0.25, 0.3) is 0 Å². The van der Waals surface area contributed by atoms with E-state index in [0.29, 0.717) is 23.0 Å². The number of benzene rings is 2. The first-order chi connectivity index (χ1) is 9.69. The molecule has 106 valence electrons. The zero-order valence-corrected chi connectivity index (χ0v) is 14.3. The fourth-order valence-corrected chi connectivity index (χ4v) is 3.10. The van der Waals surface area contributed by atoms with Gasteiger partial charge in [-0.25, -0.2) is 0 Å². The summed E-state index contributed by atoms with van der Waals surface area (Å²) < 4.78 is 17.5. The summed E-state index contributed by atoms with van der Waals surface area (Å²) in [5.41, 5.74) is 1.16. The van der Waals surface area contributed by atoms with Gasteiger partial charge in [-0.1, -0.05) is 44.0 Å². The number of halogens is 2. The third-order valence-corrected chi connectivity index (χ3v) is 4.11. The van der Waals surface area contributed by atoms with E-state index in [0.717, 1.165) is 15.4 Å². The maximum Gasteiger partial charge on any atom is 0.210 e. The van der Waals surface area contributed by atoms with Crippen molar-refractivity contribution in [2.45, 2.75) is 5.33 Å². The molecule has 0 fully saturated rings. The molecular formula is C15H14Br2O3. The number of ether oxygens (including phenoxy) is 3. The van der Waals surface area contributed by atoms with Crippen molar-refractivity contribution in [3.05, 3.63) is 46.4 Å². The minimum Gasteiger partial charge on any atom is -0.493 e.